The molecule has 0 saturated heterocycles. The van der Waals surface area contributed by atoms with Gasteiger partial charge < -0.3 is 10.4 Å². The van der Waals surface area contributed by atoms with Crippen LogP contribution >= 0.6 is 27.7 Å². The quantitative estimate of drug-likeness (QED) is 0.422. The van der Waals surface area contributed by atoms with E-state index in [-0.39, 0.29) is 11.3 Å². The van der Waals surface area contributed by atoms with Crippen LogP contribution in [0, 0.1) is 0 Å². The Morgan fingerprint density at radius 2 is 1.73 bits per heavy atom. The van der Waals surface area contributed by atoms with Gasteiger partial charge in [0, 0.05) is 16.6 Å². The number of aryl methyl sites for hydroxylation is 1. The highest BCUT2D eigenvalue weighted by molar-refractivity contribution is 9.10. The summed E-state index contributed by atoms with van der Waals surface area (Å²) in [4.78, 5) is 23.5. The van der Waals surface area contributed by atoms with Crippen LogP contribution in [0.3, 0.4) is 0 Å². The predicted molar refractivity (Wildman–Crippen MR) is 122 cm³/mol. The molecule has 0 aliphatic heterocycles. The van der Waals surface area contributed by atoms with Gasteiger partial charge in [-0.3, -0.25) is 9.59 Å². The number of sulfonamides is 1. The molecule has 0 aromatic heterocycles. The van der Waals surface area contributed by atoms with E-state index in [4.69, 9.17) is 5.11 Å². The van der Waals surface area contributed by atoms with E-state index in [1.165, 1.54) is 23.9 Å². The summed E-state index contributed by atoms with van der Waals surface area (Å²) in [5, 5.41) is 11.5. The summed E-state index contributed by atoms with van der Waals surface area (Å²) in [6.45, 7) is 0. The number of halogens is 1. The number of carbonyl (C=O) groups is 2. The van der Waals surface area contributed by atoms with Gasteiger partial charge >= 0.3 is 5.97 Å². The van der Waals surface area contributed by atoms with Crippen LogP contribution in [-0.4, -0.2) is 43.5 Å². The van der Waals surface area contributed by atoms with Crippen LogP contribution in [0.2, 0.25) is 0 Å². The number of rotatable bonds is 11. The molecule has 7 nitrogen and oxygen atoms in total. The average molecular weight is 515 g/mol. The van der Waals surface area contributed by atoms with E-state index in [1.807, 2.05) is 6.26 Å². The van der Waals surface area contributed by atoms with Gasteiger partial charge in [-0.2, -0.15) is 16.5 Å². The molecular weight excluding hydrogens is 492 g/mol. The van der Waals surface area contributed by atoms with Crippen molar-refractivity contribution in [2.24, 2.45) is 0 Å². The molecule has 1 atom stereocenters. The van der Waals surface area contributed by atoms with Gasteiger partial charge in [0.2, 0.25) is 15.9 Å². The maximum absolute atomic E-state index is 12.7. The standard InChI is InChI=1S/C20H23BrN2O5S2/c1-29-13-12-18(23-30(27,28)17-9-5-15(21)6-10-17)20(26)22-16-7-2-14(3-8-16)4-11-19(24)25/h2-3,5-10,18,23H,4,11-13H2,1H3,(H,22,26)(H,24,25). The number of nitrogens with one attached hydrogen (secondary N) is 2. The molecular formula is C20H23BrN2O5S2. The van der Waals surface area contributed by atoms with Gasteiger partial charge in [0.25, 0.3) is 0 Å². The van der Waals surface area contributed by atoms with Crippen molar-refractivity contribution in [1.29, 1.82) is 0 Å². The molecule has 0 bridgehead atoms. The third-order valence-corrected chi connectivity index (χ3v) is 6.86. The second-order valence-electron chi connectivity index (χ2n) is 6.49. The zero-order valence-corrected chi connectivity index (χ0v) is 19.5. The minimum absolute atomic E-state index is 0.0281. The van der Waals surface area contributed by atoms with Crippen molar-refractivity contribution in [3.63, 3.8) is 0 Å². The molecule has 1 unspecified atom stereocenters. The number of hydrogen-bond acceptors (Lipinski definition) is 5. The van der Waals surface area contributed by atoms with Gasteiger partial charge in [-0.1, -0.05) is 28.1 Å². The molecule has 2 aromatic carbocycles. The molecule has 0 radical (unpaired) electrons. The Morgan fingerprint density at radius 3 is 2.30 bits per heavy atom. The molecule has 2 aromatic rings. The van der Waals surface area contributed by atoms with Crippen LogP contribution in [-0.2, 0) is 26.0 Å². The number of thioether (sulfide) groups is 1. The molecule has 3 N–H and O–H groups in total. The molecule has 0 aliphatic rings. The minimum Gasteiger partial charge on any atom is -0.481 e. The molecule has 1 amide bonds. The number of hydrogen-bond donors (Lipinski definition) is 3. The first-order chi connectivity index (χ1) is 14.2. The number of carboxylic acid groups (broad SMARTS) is 1. The zero-order chi connectivity index (χ0) is 22.1. The first kappa shape index (κ1) is 24.4. The number of carboxylic acids is 1. The lowest BCUT2D eigenvalue weighted by Crippen LogP contribution is -2.44. The third kappa shape index (κ3) is 7.75. The molecule has 2 rings (SSSR count). The van der Waals surface area contributed by atoms with Crippen molar-refractivity contribution in [1.82, 2.24) is 4.72 Å². The fourth-order valence-electron chi connectivity index (χ4n) is 2.58. The van der Waals surface area contributed by atoms with E-state index in [2.05, 4.69) is 26.0 Å². The number of anilines is 1. The Kier molecular flexibility index (Phi) is 9.35. The smallest absolute Gasteiger partial charge is 0.303 e. The molecule has 10 heteroatoms. The third-order valence-electron chi connectivity index (χ3n) is 4.20. The normalized spacial score (nSPS) is 12.3. The van der Waals surface area contributed by atoms with E-state index < -0.39 is 27.9 Å². The first-order valence-electron chi connectivity index (χ1n) is 9.09. The first-order valence-corrected chi connectivity index (χ1v) is 12.8. The second kappa shape index (κ2) is 11.5. The minimum atomic E-state index is -3.86. The van der Waals surface area contributed by atoms with Gasteiger partial charge in [0.05, 0.1) is 4.90 Å². The van der Waals surface area contributed by atoms with Crippen molar-refractivity contribution >= 4 is 55.3 Å². The fourth-order valence-corrected chi connectivity index (χ4v) is 4.55. The van der Waals surface area contributed by atoms with Gasteiger partial charge in [0.1, 0.15) is 6.04 Å². The lowest BCUT2D eigenvalue weighted by molar-refractivity contribution is -0.137. The zero-order valence-electron chi connectivity index (χ0n) is 16.3. The summed E-state index contributed by atoms with van der Waals surface area (Å²) in [7, 11) is -3.86. The summed E-state index contributed by atoms with van der Waals surface area (Å²) in [6, 6.07) is 12.1. The van der Waals surface area contributed by atoms with Gasteiger partial charge in [-0.25, -0.2) is 8.42 Å². The van der Waals surface area contributed by atoms with Crippen molar-refractivity contribution < 1.29 is 23.1 Å². The SMILES string of the molecule is CSCCC(NS(=O)(=O)c1ccc(Br)cc1)C(=O)Nc1ccc(CCC(=O)O)cc1. The fraction of sp³-hybridized carbons (Fsp3) is 0.300. The van der Waals surface area contributed by atoms with Gasteiger partial charge in [0.15, 0.2) is 0 Å². The Bertz CT molecular complexity index is 964. The van der Waals surface area contributed by atoms with Crippen molar-refractivity contribution in [3.05, 3.63) is 58.6 Å². The topological polar surface area (TPSA) is 113 Å². The predicted octanol–water partition coefficient (Wildman–Crippen LogP) is 3.51. The van der Waals surface area contributed by atoms with Crippen LogP contribution in [0.1, 0.15) is 18.4 Å². The van der Waals surface area contributed by atoms with Crippen LogP contribution in [0.5, 0.6) is 0 Å². The highest BCUT2D eigenvalue weighted by Crippen LogP contribution is 2.17. The van der Waals surface area contributed by atoms with Crippen LogP contribution in [0.25, 0.3) is 0 Å². The molecule has 0 spiro atoms. The number of benzene rings is 2. The van der Waals surface area contributed by atoms with Crippen molar-refractivity contribution in [2.75, 3.05) is 17.3 Å². The highest BCUT2D eigenvalue weighted by atomic mass is 79.9. The van der Waals surface area contributed by atoms with Crippen LogP contribution in [0.15, 0.2) is 57.9 Å². The average Bonchev–Trinajstić information content (AvgIpc) is 2.70. The monoisotopic (exact) mass is 514 g/mol. The summed E-state index contributed by atoms with van der Waals surface area (Å²) >= 11 is 4.79. The maximum Gasteiger partial charge on any atom is 0.303 e. The van der Waals surface area contributed by atoms with Crippen LogP contribution < -0.4 is 10.0 Å². The molecule has 0 aliphatic carbocycles. The lowest BCUT2D eigenvalue weighted by atomic mass is 10.1. The van der Waals surface area contributed by atoms with Gasteiger partial charge in [-0.15, -0.1) is 0 Å². The van der Waals surface area contributed by atoms with E-state index in [0.717, 1.165) is 10.0 Å². The molecule has 0 saturated carbocycles. The highest BCUT2D eigenvalue weighted by Gasteiger charge is 2.25. The Labute approximate surface area is 188 Å². The summed E-state index contributed by atoms with van der Waals surface area (Å²) in [6.07, 6.45) is 2.64. The lowest BCUT2D eigenvalue weighted by Gasteiger charge is -2.18. The Hall–Kier alpha value is -1.88. The van der Waals surface area contributed by atoms with Gasteiger partial charge in [-0.05, 0) is 66.8 Å². The number of amides is 1. The van der Waals surface area contributed by atoms with Crippen LogP contribution in [0.4, 0.5) is 5.69 Å². The Morgan fingerprint density at radius 1 is 1.10 bits per heavy atom. The van der Waals surface area contributed by atoms with Crippen molar-refractivity contribution in [3.8, 4) is 0 Å². The number of carbonyl (C=O) groups excluding carboxylic acids is 1. The largest absolute Gasteiger partial charge is 0.481 e. The number of aliphatic carboxylic acids is 1. The molecule has 162 valence electrons. The van der Waals surface area contributed by atoms with E-state index in [0.29, 0.717) is 24.3 Å². The maximum atomic E-state index is 12.7. The summed E-state index contributed by atoms with van der Waals surface area (Å²) < 4.78 is 28.6. The van der Waals surface area contributed by atoms with E-state index >= 15 is 0 Å². The summed E-state index contributed by atoms with van der Waals surface area (Å²) in [5.74, 6) is -0.722. The Balaban J connectivity index is 2.09. The second-order valence-corrected chi connectivity index (χ2v) is 10.1. The molecule has 0 fully saturated rings. The van der Waals surface area contributed by atoms with Crippen molar-refractivity contribution in [2.45, 2.75) is 30.2 Å². The van der Waals surface area contributed by atoms with E-state index in [1.54, 1.807) is 36.4 Å². The van der Waals surface area contributed by atoms with E-state index in [9.17, 15) is 18.0 Å². The molecule has 30 heavy (non-hydrogen) atoms. The molecule has 0 heterocycles. The summed E-state index contributed by atoms with van der Waals surface area (Å²) in [5.41, 5.74) is 1.35.